The first-order chi connectivity index (χ1) is 16.2. The maximum Gasteiger partial charge on any atom is 0.131 e. The van der Waals surface area contributed by atoms with Gasteiger partial charge in [-0.15, -0.1) is 0 Å². The van der Waals surface area contributed by atoms with E-state index in [4.69, 9.17) is 19.9 Å². The van der Waals surface area contributed by atoms with Crippen molar-refractivity contribution >= 4 is 22.9 Å². The number of nitrogens with zero attached hydrogens (tertiary/aromatic N) is 2. The van der Waals surface area contributed by atoms with E-state index < -0.39 is 0 Å². The van der Waals surface area contributed by atoms with Crippen LogP contribution in [0.2, 0.25) is 0 Å². The molecule has 0 saturated carbocycles. The van der Waals surface area contributed by atoms with Crippen molar-refractivity contribution in [3.8, 4) is 5.75 Å². The van der Waals surface area contributed by atoms with Gasteiger partial charge in [-0.05, 0) is 80.6 Å². The van der Waals surface area contributed by atoms with E-state index in [0.29, 0.717) is 5.82 Å². The van der Waals surface area contributed by atoms with E-state index >= 15 is 0 Å². The molecular formula is C26H37N3O4. The second-order valence-corrected chi connectivity index (χ2v) is 9.36. The molecule has 0 radical (unpaired) electrons. The van der Waals surface area contributed by atoms with Crippen LogP contribution in [-0.4, -0.2) is 68.3 Å². The zero-order valence-corrected chi connectivity index (χ0v) is 19.5. The Kier molecular flexibility index (Phi) is 8.92. The van der Waals surface area contributed by atoms with Crippen molar-refractivity contribution in [1.29, 1.82) is 0 Å². The first kappa shape index (κ1) is 23.9. The lowest BCUT2D eigenvalue weighted by Crippen LogP contribution is -2.43. The molecule has 0 bridgehead atoms. The molecule has 33 heavy (non-hydrogen) atoms. The summed E-state index contributed by atoms with van der Waals surface area (Å²) in [6.07, 6.45) is 9.61. The molecule has 4 heterocycles. The van der Waals surface area contributed by atoms with Gasteiger partial charge in [0, 0.05) is 57.0 Å². The van der Waals surface area contributed by atoms with Gasteiger partial charge in [-0.3, -0.25) is 4.90 Å². The minimum atomic E-state index is 0.269. The Labute approximate surface area is 196 Å². The van der Waals surface area contributed by atoms with Gasteiger partial charge >= 0.3 is 0 Å². The number of nitrogen functional groups attached to an aromatic ring is 1. The Morgan fingerprint density at radius 1 is 1.06 bits per heavy atom. The van der Waals surface area contributed by atoms with Crippen molar-refractivity contribution < 1.29 is 19.0 Å². The Morgan fingerprint density at radius 3 is 2.55 bits per heavy atom. The number of piperidine rings is 1. The predicted octanol–water partition coefficient (Wildman–Crippen LogP) is 3.70. The molecule has 2 aromatic rings. The van der Waals surface area contributed by atoms with Gasteiger partial charge < -0.3 is 24.7 Å². The minimum absolute atomic E-state index is 0.269. The standard InChI is InChI=1S/C20H27N3O2.C6H10O2/c21-20-19-4-3-17(12-16(19)5-8-22-20)25-18-2-1-9-23(14-18)13-15-6-10-24-11-7-15;7-5-6-1-3-8-4-2-6/h3-5,8,12,15,18H,1-2,6-7,9-11,13-14H2,(H2,21,22);5-6H,1-4H2. The third kappa shape index (κ3) is 7.13. The molecule has 0 amide bonds. The Balaban J connectivity index is 0.000000275. The van der Waals surface area contributed by atoms with Crippen LogP contribution in [0.3, 0.4) is 0 Å². The van der Waals surface area contributed by atoms with E-state index in [2.05, 4.69) is 16.0 Å². The third-order valence-corrected chi connectivity index (χ3v) is 6.85. The van der Waals surface area contributed by atoms with Crippen LogP contribution in [0, 0.1) is 11.8 Å². The molecule has 7 nitrogen and oxygen atoms in total. The van der Waals surface area contributed by atoms with E-state index in [1.807, 2.05) is 18.2 Å². The molecule has 3 fully saturated rings. The number of aromatic nitrogens is 1. The SMILES string of the molecule is Nc1nccc2cc(OC3CCCN(CC4CCOCC4)C3)ccc12.O=CC1CCOCC1. The number of anilines is 1. The van der Waals surface area contributed by atoms with Crippen LogP contribution in [-0.2, 0) is 14.3 Å². The highest BCUT2D eigenvalue weighted by Crippen LogP contribution is 2.26. The molecule has 5 rings (SSSR count). The van der Waals surface area contributed by atoms with Gasteiger partial charge in [-0.1, -0.05) is 0 Å². The number of benzene rings is 1. The number of fused-ring (bicyclic) bond motifs is 1. The van der Waals surface area contributed by atoms with Crippen LogP contribution < -0.4 is 10.5 Å². The number of aldehydes is 1. The summed E-state index contributed by atoms with van der Waals surface area (Å²) in [6, 6.07) is 8.08. The van der Waals surface area contributed by atoms with E-state index in [-0.39, 0.29) is 12.0 Å². The van der Waals surface area contributed by atoms with Crippen molar-refractivity contribution in [1.82, 2.24) is 9.88 Å². The van der Waals surface area contributed by atoms with Gasteiger partial charge in [0.05, 0.1) is 0 Å². The molecule has 0 aliphatic carbocycles. The molecule has 0 spiro atoms. The summed E-state index contributed by atoms with van der Waals surface area (Å²) in [6.45, 7) is 6.78. The van der Waals surface area contributed by atoms with E-state index in [9.17, 15) is 4.79 Å². The van der Waals surface area contributed by atoms with Crippen molar-refractivity contribution in [3.63, 3.8) is 0 Å². The topological polar surface area (TPSA) is 86.9 Å². The fraction of sp³-hybridized carbons (Fsp3) is 0.615. The fourth-order valence-corrected chi connectivity index (χ4v) is 4.87. The highest BCUT2D eigenvalue weighted by Gasteiger charge is 2.24. The fourth-order valence-electron chi connectivity index (χ4n) is 4.87. The molecule has 1 atom stereocenters. The monoisotopic (exact) mass is 455 g/mol. The highest BCUT2D eigenvalue weighted by molar-refractivity contribution is 5.91. The van der Waals surface area contributed by atoms with Crippen LogP contribution in [0.5, 0.6) is 5.75 Å². The summed E-state index contributed by atoms with van der Waals surface area (Å²) in [5.41, 5.74) is 5.93. The maximum atomic E-state index is 10.1. The van der Waals surface area contributed by atoms with Crippen LogP contribution >= 0.6 is 0 Å². The van der Waals surface area contributed by atoms with Gasteiger partial charge in [0.1, 0.15) is 24.0 Å². The smallest absolute Gasteiger partial charge is 0.131 e. The highest BCUT2D eigenvalue weighted by atomic mass is 16.5. The normalized spacial score (nSPS) is 23.0. The van der Waals surface area contributed by atoms with Crippen molar-refractivity contribution in [2.75, 3.05) is 51.8 Å². The Bertz CT molecular complexity index is 881. The largest absolute Gasteiger partial charge is 0.489 e. The van der Waals surface area contributed by atoms with Gasteiger partial charge in [0.15, 0.2) is 0 Å². The summed E-state index contributed by atoms with van der Waals surface area (Å²) >= 11 is 0. The number of pyridine rings is 1. The molecule has 3 aliphatic rings. The molecule has 3 saturated heterocycles. The molecule has 180 valence electrons. The van der Waals surface area contributed by atoms with E-state index in [0.717, 1.165) is 81.0 Å². The lowest BCUT2D eigenvalue weighted by atomic mass is 9.98. The average molecular weight is 456 g/mol. The van der Waals surface area contributed by atoms with Gasteiger partial charge in [0.2, 0.25) is 0 Å². The number of hydrogen-bond donors (Lipinski definition) is 1. The lowest BCUT2D eigenvalue weighted by Gasteiger charge is -2.36. The summed E-state index contributed by atoms with van der Waals surface area (Å²) < 4.78 is 16.8. The average Bonchev–Trinajstić information content (AvgIpc) is 2.86. The molecule has 1 aromatic heterocycles. The molecule has 1 aromatic carbocycles. The van der Waals surface area contributed by atoms with E-state index in [1.165, 1.54) is 32.4 Å². The molecular weight excluding hydrogens is 418 g/mol. The minimum Gasteiger partial charge on any atom is -0.489 e. The first-order valence-corrected chi connectivity index (χ1v) is 12.4. The number of carbonyl (C=O) groups is 1. The van der Waals surface area contributed by atoms with Crippen LogP contribution in [0.1, 0.15) is 38.5 Å². The second-order valence-electron chi connectivity index (χ2n) is 9.36. The Morgan fingerprint density at radius 2 is 1.82 bits per heavy atom. The molecule has 3 aliphatic heterocycles. The lowest BCUT2D eigenvalue weighted by molar-refractivity contribution is -0.113. The predicted molar refractivity (Wildman–Crippen MR) is 129 cm³/mol. The van der Waals surface area contributed by atoms with Gasteiger partial charge in [-0.2, -0.15) is 0 Å². The summed E-state index contributed by atoms with van der Waals surface area (Å²) in [4.78, 5) is 16.8. The summed E-state index contributed by atoms with van der Waals surface area (Å²) in [7, 11) is 0. The van der Waals surface area contributed by atoms with Crippen LogP contribution in [0.15, 0.2) is 30.5 Å². The summed E-state index contributed by atoms with van der Waals surface area (Å²) in [5, 5.41) is 2.07. The van der Waals surface area contributed by atoms with Crippen molar-refractivity contribution in [3.05, 3.63) is 30.5 Å². The number of ether oxygens (including phenoxy) is 3. The zero-order valence-electron chi connectivity index (χ0n) is 19.5. The Hall–Kier alpha value is -2.22. The maximum absolute atomic E-state index is 10.1. The van der Waals surface area contributed by atoms with Crippen molar-refractivity contribution in [2.45, 2.75) is 44.6 Å². The number of carbonyl (C=O) groups excluding carboxylic acids is 1. The number of hydrogen-bond acceptors (Lipinski definition) is 7. The zero-order chi connectivity index (χ0) is 22.9. The van der Waals surface area contributed by atoms with Gasteiger partial charge in [-0.25, -0.2) is 4.98 Å². The van der Waals surface area contributed by atoms with Crippen LogP contribution in [0.25, 0.3) is 10.8 Å². The van der Waals surface area contributed by atoms with Crippen LogP contribution in [0.4, 0.5) is 5.82 Å². The number of rotatable bonds is 5. The first-order valence-electron chi connectivity index (χ1n) is 12.4. The quantitative estimate of drug-likeness (QED) is 0.688. The van der Waals surface area contributed by atoms with E-state index in [1.54, 1.807) is 6.20 Å². The van der Waals surface area contributed by atoms with Crippen molar-refractivity contribution in [2.24, 2.45) is 11.8 Å². The number of likely N-dealkylation sites (tertiary alicyclic amines) is 1. The molecule has 7 heteroatoms. The molecule has 1 unspecified atom stereocenters. The number of nitrogens with two attached hydrogens (primary N) is 1. The van der Waals surface area contributed by atoms with Gasteiger partial charge in [0.25, 0.3) is 0 Å². The molecule has 2 N–H and O–H groups in total. The second kappa shape index (κ2) is 12.3. The summed E-state index contributed by atoms with van der Waals surface area (Å²) in [5.74, 6) is 2.56. The third-order valence-electron chi connectivity index (χ3n) is 6.85.